The van der Waals surface area contributed by atoms with Gasteiger partial charge in [0.25, 0.3) is 0 Å². The van der Waals surface area contributed by atoms with Crippen molar-refractivity contribution in [3.05, 3.63) is 0 Å². The Bertz CT molecular complexity index is 178. The molecule has 0 aliphatic heterocycles. The van der Waals surface area contributed by atoms with Gasteiger partial charge in [-0.2, -0.15) is 0 Å². The third-order valence-corrected chi connectivity index (χ3v) is 4.81. The molecule has 0 bridgehead atoms. The molecule has 0 aromatic rings. The summed E-state index contributed by atoms with van der Waals surface area (Å²) in [6.45, 7) is 3.70. The highest BCUT2D eigenvalue weighted by Crippen LogP contribution is 2.27. The Morgan fingerprint density at radius 3 is 2.06 bits per heavy atom. The standard InChI is InChI=1S/C15H29N/c1-13(15-10-6-3-7-11-15)16-12-14-8-4-2-5-9-14/h13-16H,2-12H2,1H3. The fourth-order valence-electron chi connectivity index (χ4n) is 3.54. The first-order valence-electron chi connectivity index (χ1n) is 7.59. The summed E-state index contributed by atoms with van der Waals surface area (Å²) in [6.07, 6.45) is 14.8. The molecule has 0 saturated heterocycles. The Kier molecular flexibility index (Phi) is 5.15. The largest absolute Gasteiger partial charge is 0.314 e. The highest BCUT2D eigenvalue weighted by Gasteiger charge is 2.21. The van der Waals surface area contributed by atoms with E-state index in [1.165, 1.54) is 70.8 Å². The van der Waals surface area contributed by atoms with Crippen LogP contribution in [0.5, 0.6) is 0 Å². The summed E-state index contributed by atoms with van der Waals surface area (Å²) in [5.41, 5.74) is 0. The molecule has 2 aliphatic carbocycles. The van der Waals surface area contributed by atoms with Gasteiger partial charge in [-0.05, 0) is 51.0 Å². The van der Waals surface area contributed by atoms with E-state index in [0.29, 0.717) is 0 Å². The van der Waals surface area contributed by atoms with Crippen LogP contribution >= 0.6 is 0 Å². The number of hydrogen-bond acceptors (Lipinski definition) is 1. The van der Waals surface area contributed by atoms with Crippen LogP contribution in [-0.2, 0) is 0 Å². The molecule has 1 unspecified atom stereocenters. The lowest BCUT2D eigenvalue weighted by Gasteiger charge is -2.30. The Morgan fingerprint density at radius 1 is 0.875 bits per heavy atom. The predicted molar refractivity (Wildman–Crippen MR) is 70.6 cm³/mol. The molecule has 0 heterocycles. The van der Waals surface area contributed by atoms with Crippen molar-refractivity contribution in [3.63, 3.8) is 0 Å². The lowest BCUT2D eigenvalue weighted by Crippen LogP contribution is -2.38. The maximum Gasteiger partial charge on any atom is 0.00671 e. The third-order valence-electron chi connectivity index (χ3n) is 4.81. The molecular formula is C15H29N. The normalized spacial score (nSPS) is 26.8. The first kappa shape index (κ1) is 12.4. The Labute approximate surface area is 101 Å². The molecule has 2 saturated carbocycles. The van der Waals surface area contributed by atoms with Crippen LogP contribution in [0.15, 0.2) is 0 Å². The van der Waals surface area contributed by atoms with Crippen molar-refractivity contribution in [2.75, 3.05) is 6.54 Å². The predicted octanol–water partition coefficient (Wildman–Crippen LogP) is 4.13. The van der Waals surface area contributed by atoms with Crippen molar-refractivity contribution >= 4 is 0 Å². The molecule has 0 aromatic carbocycles. The van der Waals surface area contributed by atoms with Gasteiger partial charge in [0, 0.05) is 6.04 Å². The zero-order chi connectivity index (χ0) is 11.2. The first-order chi connectivity index (χ1) is 7.86. The highest BCUT2D eigenvalue weighted by atomic mass is 14.9. The van der Waals surface area contributed by atoms with Gasteiger partial charge < -0.3 is 5.32 Å². The minimum absolute atomic E-state index is 0.766. The van der Waals surface area contributed by atoms with Crippen LogP contribution in [0.25, 0.3) is 0 Å². The van der Waals surface area contributed by atoms with Crippen LogP contribution in [0.3, 0.4) is 0 Å². The van der Waals surface area contributed by atoms with E-state index in [9.17, 15) is 0 Å². The van der Waals surface area contributed by atoms with Crippen molar-refractivity contribution in [2.24, 2.45) is 11.8 Å². The van der Waals surface area contributed by atoms with E-state index in [1.807, 2.05) is 0 Å². The molecule has 0 radical (unpaired) electrons. The van der Waals surface area contributed by atoms with Crippen LogP contribution in [-0.4, -0.2) is 12.6 Å². The van der Waals surface area contributed by atoms with Crippen molar-refractivity contribution in [3.8, 4) is 0 Å². The van der Waals surface area contributed by atoms with E-state index in [2.05, 4.69) is 12.2 Å². The molecule has 1 N–H and O–H groups in total. The van der Waals surface area contributed by atoms with Crippen LogP contribution < -0.4 is 5.32 Å². The summed E-state index contributed by atoms with van der Waals surface area (Å²) in [5, 5.41) is 3.82. The van der Waals surface area contributed by atoms with E-state index in [1.54, 1.807) is 0 Å². The average Bonchev–Trinajstić information content (AvgIpc) is 2.38. The maximum absolute atomic E-state index is 3.82. The van der Waals surface area contributed by atoms with Gasteiger partial charge >= 0.3 is 0 Å². The molecular weight excluding hydrogens is 194 g/mol. The van der Waals surface area contributed by atoms with Crippen LogP contribution in [0.2, 0.25) is 0 Å². The van der Waals surface area contributed by atoms with Crippen molar-refractivity contribution < 1.29 is 0 Å². The highest BCUT2D eigenvalue weighted by molar-refractivity contribution is 4.77. The quantitative estimate of drug-likeness (QED) is 0.756. The summed E-state index contributed by atoms with van der Waals surface area (Å²) < 4.78 is 0. The fraction of sp³-hybridized carbons (Fsp3) is 1.00. The summed E-state index contributed by atoms with van der Waals surface area (Å²) in [7, 11) is 0. The van der Waals surface area contributed by atoms with E-state index in [0.717, 1.165) is 17.9 Å². The molecule has 2 fully saturated rings. The van der Waals surface area contributed by atoms with Crippen molar-refractivity contribution in [1.82, 2.24) is 5.32 Å². The zero-order valence-electron chi connectivity index (χ0n) is 11.0. The van der Waals surface area contributed by atoms with Gasteiger partial charge in [-0.3, -0.25) is 0 Å². The summed E-state index contributed by atoms with van der Waals surface area (Å²) in [5.74, 6) is 1.96. The number of hydrogen-bond donors (Lipinski definition) is 1. The van der Waals surface area contributed by atoms with E-state index in [-0.39, 0.29) is 0 Å². The second-order valence-electron chi connectivity index (χ2n) is 6.10. The molecule has 1 atom stereocenters. The monoisotopic (exact) mass is 223 g/mol. The Hall–Kier alpha value is -0.0400. The van der Waals surface area contributed by atoms with Crippen LogP contribution in [0.4, 0.5) is 0 Å². The molecule has 0 amide bonds. The molecule has 94 valence electrons. The second kappa shape index (κ2) is 6.64. The fourth-order valence-corrected chi connectivity index (χ4v) is 3.54. The van der Waals surface area contributed by atoms with Crippen LogP contribution in [0, 0.1) is 11.8 Å². The van der Waals surface area contributed by atoms with Crippen molar-refractivity contribution in [2.45, 2.75) is 77.2 Å². The van der Waals surface area contributed by atoms with Gasteiger partial charge in [0.15, 0.2) is 0 Å². The van der Waals surface area contributed by atoms with Gasteiger partial charge in [0.05, 0.1) is 0 Å². The topological polar surface area (TPSA) is 12.0 Å². The van der Waals surface area contributed by atoms with E-state index in [4.69, 9.17) is 0 Å². The molecule has 1 heteroatoms. The van der Waals surface area contributed by atoms with Gasteiger partial charge in [0.1, 0.15) is 0 Å². The van der Waals surface area contributed by atoms with Crippen LogP contribution in [0.1, 0.15) is 71.1 Å². The number of nitrogens with one attached hydrogen (secondary N) is 1. The van der Waals surface area contributed by atoms with Gasteiger partial charge in [-0.15, -0.1) is 0 Å². The third kappa shape index (κ3) is 3.76. The molecule has 0 aromatic heterocycles. The lowest BCUT2D eigenvalue weighted by atomic mass is 9.84. The molecule has 0 spiro atoms. The lowest BCUT2D eigenvalue weighted by molar-refractivity contribution is 0.257. The smallest absolute Gasteiger partial charge is 0.00671 e. The van der Waals surface area contributed by atoms with Gasteiger partial charge in [-0.1, -0.05) is 38.5 Å². The number of rotatable bonds is 4. The van der Waals surface area contributed by atoms with Gasteiger partial charge in [-0.25, -0.2) is 0 Å². The molecule has 2 rings (SSSR count). The minimum Gasteiger partial charge on any atom is -0.314 e. The summed E-state index contributed by atoms with van der Waals surface area (Å²) in [4.78, 5) is 0. The Balaban J connectivity index is 1.63. The summed E-state index contributed by atoms with van der Waals surface area (Å²) >= 11 is 0. The molecule has 16 heavy (non-hydrogen) atoms. The van der Waals surface area contributed by atoms with Gasteiger partial charge in [0.2, 0.25) is 0 Å². The van der Waals surface area contributed by atoms with Crippen molar-refractivity contribution in [1.29, 1.82) is 0 Å². The van der Waals surface area contributed by atoms with E-state index >= 15 is 0 Å². The Morgan fingerprint density at radius 2 is 1.44 bits per heavy atom. The average molecular weight is 223 g/mol. The molecule has 2 aliphatic rings. The minimum atomic E-state index is 0.766. The van der Waals surface area contributed by atoms with E-state index < -0.39 is 0 Å². The second-order valence-corrected chi connectivity index (χ2v) is 6.10. The SMILES string of the molecule is CC(NCC1CCCCC1)C1CCCCC1. The maximum atomic E-state index is 3.82. The molecule has 1 nitrogen and oxygen atoms in total. The zero-order valence-corrected chi connectivity index (χ0v) is 11.0. The summed E-state index contributed by atoms with van der Waals surface area (Å²) in [6, 6.07) is 0.766. The first-order valence-corrected chi connectivity index (χ1v) is 7.59.